The van der Waals surface area contributed by atoms with Crippen molar-refractivity contribution in [2.45, 2.75) is 40.2 Å². The second-order valence-electron chi connectivity index (χ2n) is 5.39. The van der Waals surface area contributed by atoms with Crippen LogP contribution in [0, 0.1) is 27.7 Å². The summed E-state index contributed by atoms with van der Waals surface area (Å²) in [6, 6.07) is 3.85. The molecule has 2 aromatic rings. The smallest absolute Gasteiger partial charge is 0.128 e. The van der Waals surface area contributed by atoms with Crippen LogP contribution in [0.2, 0.25) is 0 Å². The molecule has 0 bridgehead atoms. The van der Waals surface area contributed by atoms with Crippen LogP contribution in [0.15, 0.2) is 18.3 Å². The highest BCUT2D eigenvalue weighted by Gasteiger charge is 2.16. The van der Waals surface area contributed by atoms with Gasteiger partial charge in [-0.05, 0) is 33.8 Å². The summed E-state index contributed by atoms with van der Waals surface area (Å²) in [5.41, 5.74) is 5.50. The van der Waals surface area contributed by atoms with E-state index in [1.807, 2.05) is 39.8 Å². The van der Waals surface area contributed by atoms with Gasteiger partial charge in [0.25, 0.3) is 0 Å². The van der Waals surface area contributed by atoms with Crippen LogP contribution in [-0.2, 0) is 6.42 Å². The topological polar surface area (TPSA) is 55.2 Å². The van der Waals surface area contributed by atoms with Crippen molar-refractivity contribution in [3.05, 3.63) is 52.1 Å². The fourth-order valence-electron chi connectivity index (χ4n) is 2.62. The summed E-state index contributed by atoms with van der Waals surface area (Å²) in [6.45, 7) is 7.80. The second kappa shape index (κ2) is 6.22. The van der Waals surface area contributed by atoms with Gasteiger partial charge in [-0.2, -0.15) is 0 Å². The molecule has 0 aliphatic carbocycles. The van der Waals surface area contributed by atoms with Gasteiger partial charge in [-0.3, -0.25) is 9.97 Å². The van der Waals surface area contributed by atoms with Gasteiger partial charge in [-0.1, -0.05) is 6.07 Å². The lowest BCUT2D eigenvalue weighted by molar-refractivity contribution is 0.175. The summed E-state index contributed by atoms with van der Waals surface area (Å²) in [5, 5.41) is 10.5. The fourth-order valence-corrected chi connectivity index (χ4v) is 2.62. The maximum atomic E-state index is 10.5. The average molecular weight is 286 g/mol. The van der Waals surface area contributed by atoms with E-state index in [0.717, 1.165) is 39.5 Å². The molecule has 1 atom stereocenters. The first-order chi connectivity index (χ1) is 9.93. The van der Waals surface area contributed by atoms with Crippen molar-refractivity contribution in [3.8, 4) is 5.75 Å². The molecule has 4 nitrogen and oxygen atoms in total. The fraction of sp³-hybridized carbons (Fsp3) is 0.412. The number of aromatic nitrogens is 2. The van der Waals surface area contributed by atoms with E-state index < -0.39 is 6.10 Å². The van der Waals surface area contributed by atoms with Gasteiger partial charge in [0, 0.05) is 46.4 Å². The lowest BCUT2D eigenvalue weighted by Gasteiger charge is -2.16. The van der Waals surface area contributed by atoms with Crippen LogP contribution >= 0.6 is 0 Å². The average Bonchev–Trinajstić information content (AvgIpc) is 2.42. The van der Waals surface area contributed by atoms with Crippen molar-refractivity contribution in [3.63, 3.8) is 0 Å². The number of hydrogen-bond acceptors (Lipinski definition) is 4. The van der Waals surface area contributed by atoms with Crippen molar-refractivity contribution in [1.29, 1.82) is 0 Å². The van der Waals surface area contributed by atoms with E-state index in [0.29, 0.717) is 6.42 Å². The Morgan fingerprint density at radius 2 is 1.90 bits per heavy atom. The third-order valence-electron chi connectivity index (χ3n) is 3.76. The molecule has 0 fully saturated rings. The van der Waals surface area contributed by atoms with Crippen LogP contribution in [0.4, 0.5) is 0 Å². The molecule has 0 amide bonds. The van der Waals surface area contributed by atoms with Gasteiger partial charge in [0.15, 0.2) is 0 Å². The Bertz CT molecular complexity index is 653. The lowest BCUT2D eigenvalue weighted by Crippen LogP contribution is -2.09. The molecule has 0 aliphatic rings. The van der Waals surface area contributed by atoms with E-state index in [1.165, 1.54) is 0 Å². The Kier molecular flexibility index (Phi) is 4.58. The van der Waals surface area contributed by atoms with Crippen molar-refractivity contribution >= 4 is 0 Å². The Morgan fingerprint density at radius 3 is 2.52 bits per heavy atom. The lowest BCUT2D eigenvalue weighted by atomic mass is 10.00. The van der Waals surface area contributed by atoms with Gasteiger partial charge in [0.2, 0.25) is 0 Å². The Balaban J connectivity index is 2.29. The summed E-state index contributed by atoms with van der Waals surface area (Å²) in [4.78, 5) is 8.84. The number of hydrogen-bond donors (Lipinski definition) is 1. The number of ether oxygens (including phenoxy) is 1. The quantitative estimate of drug-likeness (QED) is 0.938. The summed E-state index contributed by atoms with van der Waals surface area (Å²) in [7, 11) is 1.66. The van der Waals surface area contributed by atoms with Crippen LogP contribution in [0.25, 0.3) is 0 Å². The van der Waals surface area contributed by atoms with E-state index >= 15 is 0 Å². The Labute approximate surface area is 125 Å². The van der Waals surface area contributed by atoms with Crippen molar-refractivity contribution in [2.75, 3.05) is 7.11 Å². The first-order valence-electron chi connectivity index (χ1n) is 7.05. The zero-order valence-electron chi connectivity index (χ0n) is 13.3. The molecule has 0 aromatic carbocycles. The minimum absolute atomic E-state index is 0.452. The number of aliphatic hydroxyl groups is 1. The molecule has 2 heterocycles. The van der Waals surface area contributed by atoms with Gasteiger partial charge < -0.3 is 9.84 Å². The van der Waals surface area contributed by atoms with Crippen molar-refractivity contribution in [1.82, 2.24) is 9.97 Å². The van der Waals surface area contributed by atoms with Crippen LogP contribution in [0.3, 0.4) is 0 Å². The molecule has 0 spiro atoms. The zero-order chi connectivity index (χ0) is 15.6. The maximum absolute atomic E-state index is 10.5. The van der Waals surface area contributed by atoms with Gasteiger partial charge >= 0.3 is 0 Å². The summed E-state index contributed by atoms with van der Waals surface area (Å²) in [6.07, 6.45) is 1.62. The van der Waals surface area contributed by atoms with Gasteiger partial charge in [0.05, 0.1) is 13.2 Å². The van der Waals surface area contributed by atoms with Crippen LogP contribution in [-0.4, -0.2) is 22.2 Å². The van der Waals surface area contributed by atoms with E-state index in [1.54, 1.807) is 13.3 Å². The molecular weight excluding hydrogens is 264 g/mol. The normalized spacial score (nSPS) is 12.3. The molecule has 0 saturated carbocycles. The number of nitrogens with zero attached hydrogens (tertiary/aromatic N) is 2. The third kappa shape index (κ3) is 3.22. The molecule has 0 radical (unpaired) electrons. The van der Waals surface area contributed by atoms with Gasteiger partial charge in [0.1, 0.15) is 5.75 Å². The van der Waals surface area contributed by atoms with Crippen molar-refractivity contribution in [2.24, 2.45) is 0 Å². The number of methoxy groups -OCH3 is 1. The van der Waals surface area contributed by atoms with Crippen LogP contribution in [0.5, 0.6) is 5.75 Å². The molecule has 2 aromatic heterocycles. The maximum Gasteiger partial charge on any atom is 0.128 e. The van der Waals surface area contributed by atoms with E-state index in [2.05, 4.69) is 9.97 Å². The largest absolute Gasteiger partial charge is 0.496 e. The Hall–Kier alpha value is -1.94. The number of aryl methyl sites for hydroxylation is 3. The first kappa shape index (κ1) is 15.4. The summed E-state index contributed by atoms with van der Waals surface area (Å²) in [5.74, 6) is 0.839. The molecule has 1 unspecified atom stereocenters. The minimum atomic E-state index is -0.614. The molecule has 4 heteroatoms. The zero-order valence-corrected chi connectivity index (χ0v) is 13.3. The SMILES string of the molecule is COc1c(C)cnc(CC(O)c2ccc(C)nc2C)c1C. The number of pyridine rings is 2. The van der Waals surface area contributed by atoms with Gasteiger partial charge in [-0.15, -0.1) is 0 Å². The second-order valence-corrected chi connectivity index (χ2v) is 5.39. The predicted octanol–water partition coefficient (Wildman–Crippen LogP) is 2.99. The highest BCUT2D eigenvalue weighted by Crippen LogP contribution is 2.27. The van der Waals surface area contributed by atoms with E-state index in [4.69, 9.17) is 4.74 Å². The number of rotatable bonds is 4. The molecular formula is C17H22N2O2. The summed E-state index contributed by atoms with van der Waals surface area (Å²) < 4.78 is 5.41. The molecule has 1 N–H and O–H groups in total. The highest BCUT2D eigenvalue weighted by atomic mass is 16.5. The van der Waals surface area contributed by atoms with Gasteiger partial charge in [-0.25, -0.2) is 0 Å². The highest BCUT2D eigenvalue weighted by molar-refractivity contribution is 5.41. The Morgan fingerprint density at radius 1 is 1.19 bits per heavy atom. The molecule has 0 aliphatic heterocycles. The van der Waals surface area contributed by atoms with E-state index in [9.17, 15) is 5.11 Å². The molecule has 2 rings (SSSR count). The summed E-state index contributed by atoms with van der Waals surface area (Å²) >= 11 is 0. The molecule has 112 valence electrons. The standard InChI is InChI=1S/C17H22N2O2/c1-10-9-18-15(12(3)17(10)21-5)8-16(20)14-7-6-11(2)19-13(14)4/h6-7,9,16,20H,8H2,1-5H3. The third-order valence-corrected chi connectivity index (χ3v) is 3.76. The van der Waals surface area contributed by atoms with Crippen LogP contribution < -0.4 is 4.74 Å². The molecule has 21 heavy (non-hydrogen) atoms. The minimum Gasteiger partial charge on any atom is -0.496 e. The van der Waals surface area contributed by atoms with Crippen molar-refractivity contribution < 1.29 is 9.84 Å². The van der Waals surface area contributed by atoms with Crippen LogP contribution in [0.1, 0.15) is 39.9 Å². The number of aliphatic hydroxyl groups excluding tert-OH is 1. The molecule has 0 saturated heterocycles. The van der Waals surface area contributed by atoms with E-state index in [-0.39, 0.29) is 0 Å². The predicted molar refractivity (Wildman–Crippen MR) is 82.6 cm³/mol. The monoisotopic (exact) mass is 286 g/mol. The first-order valence-corrected chi connectivity index (χ1v) is 7.05.